The standard InChI is InChI=1S/C30H32O4P2/c1(15-25-35(31-27-17-7-3-8-18-27)32-28-19-9-4-10-20-28)2-16-26-36(33-29-21-11-5-12-22-29)34-30-23-13-6-14-24-30/h3-14,17-24H,1-2,15-16,25-26H2. The lowest BCUT2D eigenvalue weighted by Crippen LogP contribution is -2.02. The maximum atomic E-state index is 6.20. The van der Waals surface area contributed by atoms with Gasteiger partial charge in [0.25, 0.3) is 16.8 Å². The van der Waals surface area contributed by atoms with Crippen LogP contribution in [0.15, 0.2) is 121 Å². The topological polar surface area (TPSA) is 36.9 Å². The highest BCUT2D eigenvalue weighted by Crippen LogP contribution is 2.43. The van der Waals surface area contributed by atoms with Crippen LogP contribution in [0, 0.1) is 0 Å². The Bertz CT molecular complexity index is 925. The minimum Gasteiger partial charge on any atom is -0.439 e. The predicted molar refractivity (Wildman–Crippen MR) is 150 cm³/mol. The van der Waals surface area contributed by atoms with E-state index in [2.05, 4.69) is 0 Å². The number of benzene rings is 4. The van der Waals surface area contributed by atoms with Gasteiger partial charge >= 0.3 is 0 Å². The van der Waals surface area contributed by atoms with Gasteiger partial charge in [-0.1, -0.05) is 85.6 Å². The van der Waals surface area contributed by atoms with Crippen molar-refractivity contribution in [3.63, 3.8) is 0 Å². The van der Waals surface area contributed by atoms with E-state index in [4.69, 9.17) is 18.1 Å². The molecule has 0 fully saturated rings. The molecule has 0 saturated carbocycles. The summed E-state index contributed by atoms with van der Waals surface area (Å²) in [4.78, 5) is 0. The average Bonchev–Trinajstić information content (AvgIpc) is 2.93. The van der Waals surface area contributed by atoms with Gasteiger partial charge in [-0.3, -0.25) is 0 Å². The van der Waals surface area contributed by atoms with E-state index in [1.807, 2.05) is 121 Å². The molecule has 0 radical (unpaired) electrons. The van der Waals surface area contributed by atoms with Crippen LogP contribution in [0.2, 0.25) is 0 Å². The van der Waals surface area contributed by atoms with Crippen molar-refractivity contribution >= 4 is 16.8 Å². The zero-order valence-corrected chi connectivity index (χ0v) is 22.1. The minimum atomic E-state index is -1.06. The Morgan fingerprint density at radius 1 is 0.333 bits per heavy atom. The molecule has 0 heterocycles. The molecule has 6 heteroatoms. The molecule has 0 unspecified atom stereocenters. The maximum Gasteiger partial charge on any atom is 0.290 e. The van der Waals surface area contributed by atoms with Crippen LogP contribution in [0.5, 0.6) is 23.0 Å². The van der Waals surface area contributed by atoms with Gasteiger partial charge in [0.2, 0.25) is 0 Å². The van der Waals surface area contributed by atoms with Crippen molar-refractivity contribution < 1.29 is 18.1 Å². The molecule has 4 aromatic rings. The summed E-state index contributed by atoms with van der Waals surface area (Å²) in [5, 5.41) is 0. The molecule has 186 valence electrons. The molecule has 0 atom stereocenters. The van der Waals surface area contributed by atoms with Crippen molar-refractivity contribution in [2.45, 2.75) is 25.7 Å². The largest absolute Gasteiger partial charge is 0.439 e. The van der Waals surface area contributed by atoms with Crippen LogP contribution >= 0.6 is 16.8 Å². The Morgan fingerprint density at radius 2 is 0.583 bits per heavy atom. The normalized spacial score (nSPS) is 10.8. The second kappa shape index (κ2) is 15.1. The summed E-state index contributed by atoms with van der Waals surface area (Å²) in [6, 6.07) is 39.7. The zero-order chi connectivity index (χ0) is 24.7. The molecule has 36 heavy (non-hydrogen) atoms. The molecule has 0 spiro atoms. The molecule has 0 aliphatic heterocycles. The summed E-state index contributed by atoms with van der Waals surface area (Å²) < 4.78 is 24.8. The van der Waals surface area contributed by atoms with Gasteiger partial charge in [0, 0.05) is 12.3 Å². The molecule has 0 aliphatic rings. The molecule has 4 rings (SSSR count). The Kier molecular flexibility index (Phi) is 10.9. The van der Waals surface area contributed by atoms with Crippen LogP contribution in [0.4, 0.5) is 0 Å². The van der Waals surface area contributed by atoms with Gasteiger partial charge in [0.1, 0.15) is 23.0 Å². The molecule has 0 N–H and O–H groups in total. The second-order valence-electron chi connectivity index (χ2n) is 8.14. The lowest BCUT2D eigenvalue weighted by molar-refractivity contribution is 0.480. The fraction of sp³-hybridized carbons (Fsp3) is 0.200. The molecule has 4 aromatic carbocycles. The first-order valence-corrected chi connectivity index (χ1v) is 15.0. The first-order valence-electron chi connectivity index (χ1n) is 12.3. The Morgan fingerprint density at radius 3 is 0.833 bits per heavy atom. The van der Waals surface area contributed by atoms with E-state index in [0.29, 0.717) is 0 Å². The number of para-hydroxylation sites is 4. The van der Waals surface area contributed by atoms with Crippen LogP contribution in [-0.2, 0) is 0 Å². The van der Waals surface area contributed by atoms with Crippen molar-refractivity contribution in [1.82, 2.24) is 0 Å². The van der Waals surface area contributed by atoms with Crippen molar-refractivity contribution in [1.29, 1.82) is 0 Å². The van der Waals surface area contributed by atoms with Gasteiger partial charge in [-0.05, 0) is 61.4 Å². The van der Waals surface area contributed by atoms with Crippen molar-refractivity contribution in [3.05, 3.63) is 121 Å². The summed E-state index contributed by atoms with van der Waals surface area (Å²) in [5.41, 5.74) is 0. The van der Waals surface area contributed by atoms with E-state index >= 15 is 0 Å². The molecular formula is C30H32O4P2. The van der Waals surface area contributed by atoms with Crippen LogP contribution in [0.25, 0.3) is 0 Å². The van der Waals surface area contributed by atoms with E-state index in [1.54, 1.807) is 0 Å². The highest BCUT2D eigenvalue weighted by atomic mass is 31.2. The molecule has 0 aliphatic carbocycles. The third kappa shape index (κ3) is 9.53. The highest BCUT2D eigenvalue weighted by molar-refractivity contribution is 7.48. The number of hydrogen-bond donors (Lipinski definition) is 0. The highest BCUT2D eigenvalue weighted by Gasteiger charge is 2.16. The monoisotopic (exact) mass is 518 g/mol. The van der Waals surface area contributed by atoms with Gasteiger partial charge in [-0.25, -0.2) is 0 Å². The van der Waals surface area contributed by atoms with Gasteiger partial charge in [0.05, 0.1) is 0 Å². The van der Waals surface area contributed by atoms with Crippen LogP contribution in [0.3, 0.4) is 0 Å². The fourth-order valence-corrected chi connectivity index (χ4v) is 6.28. The SMILES string of the molecule is c1ccc(OP(CCCCCCP(Oc2ccccc2)Oc2ccccc2)Oc2ccccc2)cc1. The van der Waals surface area contributed by atoms with E-state index in [1.165, 1.54) is 0 Å². The molecule has 0 amide bonds. The van der Waals surface area contributed by atoms with Gasteiger partial charge in [-0.15, -0.1) is 0 Å². The zero-order valence-electron chi connectivity index (χ0n) is 20.3. The summed E-state index contributed by atoms with van der Waals surface area (Å²) >= 11 is 0. The number of hydrogen-bond acceptors (Lipinski definition) is 4. The van der Waals surface area contributed by atoms with E-state index in [9.17, 15) is 0 Å². The lowest BCUT2D eigenvalue weighted by atomic mass is 10.2. The third-order valence-electron chi connectivity index (χ3n) is 5.23. The lowest BCUT2D eigenvalue weighted by Gasteiger charge is -2.19. The van der Waals surface area contributed by atoms with E-state index < -0.39 is 16.8 Å². The van der Waals surface area contributed by atoms with Crippen LogP contribution < -0.4 is 18.1 Å². The Labute approximate surface area is 217 Å². The van der Waals surface area contributed by atoms with E-state index in [-0.39, 0.29) is 0 Å². The van der Waals surface area contributed by atoms with Crippen LogP contribution in [0.1, 0.15) is 25.7 Å². The minimum absolute atomic E-state index is 0.848. The molecule has 0 bridgehead atoms. The van der Waals surface area contributed by atoms with Gasteiger partial charge in [0.15, 0.2) is 0 Å². The summed E-state index contributed by atoms with van der Waals surface area (Å²) in [6.07, 6.45) is 6.07. The molecule has 0 saturated heterocycles. The number of rotatable bonds is 15. The van der Waals surface area contributed by atoms with Gasteiger partial charge in [-0.2, -0.15) is 0 Å². The molecule has 4 nitrogen and oxygen atoms in total. The quantitative estimate of drug-likeness (QED) is 0.116. The first-order chi connectivity index (χ1) is 17.8. The smallest absolute Gasteiger partial charge is 0.290 e. The summed E-state index contributed by atoms with van der Waals surface area (Å²) in [7, 11) is -2.12. The Hall–Kier alpha value is -3.06. The predicted octanol–water partition coefficient (Wildman–Crippen LogP) is 9.49. The Balaban J connectivity index is 1.24. The maximum absolute atomic E-state index is 6.20. The third-order valence-corrected chi connectivity index (χ3v) is 8.25. The van der Waals surface area contributed by atoms with Crippen LogP contribution in [-0.4, -0.2) is 12.3 Å². The molecular weight excluding hydrogens is 486 g/mol. The first kappa shape index (κ1) is 26.0. The summed E-state index contributed by atoms with van der Waals surface area (Å²) in [6.45, 7) is 0. The van der Waals surface area contributed by atoms with Crippen molar-refractivity contribution in [2.75, 3.05) is 12.3 Å². The van der Waals surface area contributed by atoms with E-state index in [0.717, 1.165) is 61.0 Å². The van der Waals surface area contributed by atoms with Gasteiger partial charge < -0.3 is 18.1 Å². The van der Waals surface area contributed by atoms with Crippen molar-refractivity contribution in [2.24, 2.45) is 0 Å². The summed E-state index contributed by atoms with van der Waals surface area (Å²) in [5.74, 6) is 3.39. The molecule has 0 aromatic heterocycles. The number of unbranched alkanes of at least 4 members (excludes halogenated alkanes) is 3. The van der Waals surface area contributed by atoms with Crippen molar-refractivity contribution in [3.8, 4) is 23.0 Å². The fourth-order valence-electron chi connectivity index (χ4n) is 3.45. The second-order valence-corrected chi connectivity index (χ2v) is 11.1. The average molecular weight is 519 g/mol.